The van der Waals surface area contributed by atoms with Crippen LogP contribution in [0.1, 0.15) is 5.56 Å². The molecule has 0 N–H and O–H groups in total. The first-order chi connectivity index (χ1) is 8.99. The van der Waals surface area contributed by atoms with Gasteiger partial charge in [-0.15, -0.1) is 0 Å². The molecule has 0 aliphatic carbocycles. The Morgan fingerprint density at radius 1 is 1.42 bits per heavy atom. The number of halogens is 2. The topological polar surface area (TPSA) is 65.3 Å². The maximum absolute atomic E-state index is 13.3. The zero-order valence-electron chi connectivity index (χ0n) is 9.76. The third-order valence-corrected chi connectivity index (χ3v) is 3.02. The molecule has 1 heterocycles. The van der Waals surface area contributed by atoms with Crippen LogP contribution in [0.15, 0.2) is 34.9 Å². The predicted molar refractivity (Wildman–Crippen MR) is 69.8 cm³/mol. The molecule has 2 rings (SSSR count). The summed E-state index contributed by atoms with van der Waals surface area (Å²) in [6.45, 7) is 1.58. The maximum atomic E-state index is 13.3. The van der Waals surface area contributed by atoms with Gasteiger partial charge in [-0.2, -0.15) is 0 Å². The van der Waals surface area contributed by atoms with E-state index in [0.717, 1.165) is 6.07 Å². The Morgan fingerprint density at radius 3 is 2.79 bits per heavy atom. The monoisotopic (exact) mass is 326 g/mol. The van der Waals surface area contributed by atoms with E-state index in [4.69, 9.17) is 4.74 Å². The number of hydrogen-bond donors (Lipinski definition) is 0. The number of rotatable bonds is 3. The minimum absolute atomic E-state index is 0.141. The van der Waals surface area contributed by atoms with E-state index in [0.29, 0.717) is 5.56 Å². The van der Waals surface area contributed by atoms with Crippen LogP contribution in [0.5, 0.6) is 11.6 Å². The molecule has 0 aliphatic heterocycles. The molecular weight excluding hydrogens is 319 g/mol. The van der Waals surface area contributed by atoms with Crippen LogP contribution in [-0.4, -0.2) is 9.91 Å². The maximum Gasteiger partial charge on any atom is 0.334 e. The van der Waals surface area contributed by atoms with Gasteiger partial charge in [-0.25, -0.2) is 9.37 Å². The largest absolute Gasteiger partial charge is 0.434 e. The fraction of sp³-hybridized carbons (Fsp3) is 0.0833. The van der Waals surface area contributed by atoms with E-state index in [-0.39, 0.29) is 21.8 Å². The highest BCUT2D eigenvalue weighted by atomic mass is 79.9. The average molecular weight is 327 g/mol. The molecule has 2 aromatic rings. The zero-order chi connectivity index (χ0) is 14.0. The lowest BCUT2D eigenvalue weighted by Gasteiger charge is -2.06. The second-order valence-corrected chi connectivity index (χ2v) is 4.57. The zero-order valence-corrected chi connectivity index (χ0v) is 11.3. The summed E-state index contributed by atoms with van der Waals surface area (Å²) in [4.78, 5) is 14.2. The van der Waals surface area contributed by atoms with Gasteiger partial charge in [0, 0.05) is 17.8 Å². The van der Waals surface area contributed by atoms with Crippen molar-refractivity contribution in [2.24, 2.45) is 0 Å². The highest BCUT2D eigenvalue weighted by Crippen LogP contribution is 2.32. The number of benzene rings is 1. The molecule has 1 aromatic heterocycles. The fourth-order valence-corrected chi connectivity index (χ4v) is 1.72. The van der Waals surface area contributed by atoms with Crippen molar-refractivity contribution in [1.82, 2.24) is 4.98 Å². The first-order valence-electron chi connectivity index (χ1n) is 5.22. The summed E-state index contributed by atoms with van der Waals surface area (Å²) in [7, 11) is 0. The van der Waals surface area contributed by atoms with Gasteiger partial charge in [-0.3, -0.25) is 10.1 Å². The van der Waals surface area contributed by atoms with Gasteiger partial charge in [0.05, 0.1) is 9.40 Å². The van der Waals surface area contributed by atoms with Crippen molar-refractivity contribution < 1.29 is 14.1 Å². The van der Waals surface area contributed by atoms with E-state index in [1.165, 1.54) is 24.4 Å². The lowest BCUT2D eigenvalue weighted by Crippen LogP contribution is -1.98. The standard InChI is InChI=1S/C12H8BrFN2O3/c1-7-4-5-15-12(11(7)16(17)18)19-8-2-3-9(13)10(14)6-8/h2-6H,1H3. The van der Waals surface area contributed by atoms with Gasteiger partial charge in [-0.05, 0) is 41.1 Å². The van der Waals surface area contributed by atoms with Gasteiger partial charge < -0.3 is 4.74 Å². The fourth-order valence-electron chi connectivity index (χ4n) is 1.47. The van der Waals surface area contributed by atoms with E-state index in [1.807, 2.05) is 0 Å². The highest BCUT2D eigenvalue weighted by Gasteiger charge is 2.20. The normalized spacial score (nSPS) is 10.3. The molecule has 98 valence electrons. The second kappa shape index (κ2) is 5.31. The molecule has 0 atom stereocenters. The van der Waals surface area contributed by atoms with Gasteiger partial charge in [0.2, 0.25) is 0 Å². The molecule has 5 nitrogen and oxygen atoms in total. The molecule has 0 unspecified atom stereocenters. The van der Waals surface area contributed by atoms with Crippen LogP contribution in [0, 0.1) is 22.9 Å². The van der Waals surface area contributed by atoms with Crippen molar-refractivity contribution in [3.8, 4) is 11.6 Å². The lowest BCUT2D eigenvalue weighted by molar-refractivity contribution is -0.386. The molecular formula is C12H8BrFN2O3. The third-order valence-electron chi connectivity index (χ3n) is 2.38. The number of pyridine rings is 1. The summed E-state index contributed by atoms with van der Waals surface area (Å²) in [5.41, 5.74) is 0.193. The van der Waals surface area contributed by atoms with Gasteiger partial charge in [-0.1, -0.05) is 0 Å². The van der Waals surface area contributed by atoms with Crippen molar-refractivity contribution in [2.75, 3.05) is 0 Å². The SMILES string of the molecule is Cc1ccnc(Oc2ccc(Br)c(F)c2)c1[N+](=O)[O-]. The number of aryl methyl sites for hydroxylation is 1. The average Bonchev–Trinajstić information content (AvgIpc) is 2.33. The van der Waals surface area contributed by atoms with Crippen LogP contribution >= 0.6 is 15.9 Å². The Hall–Kier alpha value is -2.02. The van der Waals surface area contributed by atoms with E-state index < -0.39 is 10.7 Å². The predicted octanol–water partition coefficient (Wildman–Crippen LogP) is 3.99. The van der Waals surface area contributed by atoms with Gasteiger partial charge in [0.25, 0.3) is 5.88 Å². The molecule has 1 aromatic carbocycles. The number of hydrogen-bond acceptors (Lipinski definition) is 4. The second-order valence-electron chi connectivity index (χ2n) is 3.72. The molecule has 7 heteroatoms. The molecule has 0 aliphatic rings. The summed E-state index contributed by atoms with van der Waals surface area (Å²) in [6.07, 6.45) is 1.40. The van der Waals surface area contributed by atoms with E-state index in [9.17, 15) is 14.5 Å². The Labute approximate surface area is 116 Å². The Morgan fingerprint density at radius 2 is 2.16 bits per heavy atom. The molecule has 0 amide bonds. The number of nitro groups is 1. The summed E-state index contributed by atoms with van der Waals surface area (Å²) < 4.78 is 18.9. The van der Waals surface area contributed by atoms with E-state index in [2.05, 4.69) is 20.9 Å². The summed E-state index contributed by atoms with van der Waals surface area (Å²) in [6, 6.07) is 5.57. The van der Waals surface area contributed by atoms with Crippen molar-refractivity contribution in [3.63, 3.8) is 0 Å². The molecule has 0 bridgehead atoms. The van der Waals surface area contributed by atoms with Crippen LogP contribution in [-0.2, 0) is 0 Å². The molecule has 0 fully saturated rings. The summed E-state index contributed by atoms with van der Waals surface area (Å²) in [5.74, 6) is -0.540. The quantitative estimate of drug-likeness (QED) is 0.631. The van der Waals surface area contributed by atoms with E-state index in [1.54, 1.807) is 6.92 Å². The lowest BCUT2D eigenvalue weighted by atomic mass is 10.2. The Bertz CT molecular complexity index is 649. The smallest absolute Gasteiger partial charge is 0.334 e. The third kappa shape index (κ3) is 2.87. The van der Waals surface area contributed by atoms with Gasteiger partial charge >= 0.3 is 5.69 Å². The van der Waals surface area contributed by atoms with Crippen molar-refractivity contribution in [2.45, 2.75) is 6.92 Å². The van der Waals surface area contributed by atoms with Crippen LogP contribution < -0.4 is 4.74 Å². The van der Waals surface area contributed by atoms with Crippen molar-refractivity contribution >= 4 is 21.6 Å². The molecule has 0 radical (unpaired) electrons. The van der Waals surface area contributed by atoms with Gasteiger partial charge in [0.15, 0.2) is 0 Å². The molecule has 0 saturated carbocycles. The Balaban J connectivity index is 2.40. The molecule has 0 saturated heterocycles. The van der Waals surface area contributed by atoms with Crippen molar-refractivity contribution in [1.29, 1.82) is 0 Å². The molecule has 0 spiro atoms. The van der Waals surface area contributed by atoms with Crippen LogP contribution in [0.4, 0.5) is 10.1 Å². The summed E-state index contributed by atoms with van der Waals surface area (Å²) >= 11 is 3.01. The first-order valence-corrected chi connectivity index (χ1v) is 6.01. The Kier molecular flexibility index (Phi) is 3.75. The highest BCUT2D eigenvalue weighted by molar-refractivity contribution is 9.10. The van der Waals surface area contributed by atoms with E-state index >= 15 is 0 Å². The van der Waals surface area contributed by atoms with Crippen LogP contribution in [0.3, 0.4) is 0 Å². The van der Waals surface area contributed by atoms with Crippen LogP contribution in [0.25, 0.3) is 0 Å². The van der Waals surface area contributed by atoms with Crippen molar-refractivity contribution in [3.05, 3.63) is 56.4 Å². The number of ether oxygens (including phenoxy) is 1. The minimum atomic E-state index is -0.577. The number of aromatic nitrogens is 1. The first kappa shape index (κ1) is 13.4. The van der Waals surface area contributed by atoms with Gasteiger partial charge in [0.1, 0.15) is 11.6 Å². The minimum Gasteiger partial charge on any atom is -0.434 e. The number of nitrogens with zero attached hydrogens (tertiary/aromatic N) is 2. The summed E-state index contributed by atoms with van der Waals surface area (Å²) in [5, 5.41) is 11.0. The van der Waals surface area contributed by atoms with Crippen LogP contribution in [0.2, 0.25) is 0 Å². The molecule has 19 heavy (non-hydrogen) atoms.